The lowest BCUT2D eigenvalue weighted by molar-refractivity contribution is 0.0577. The highest BCUT2D eigenvalue weighted by molar-refractivity contribution is 7.94. The minimum Gasteiger partial charge on any atom is -0.459 e. The van der Waals surface area contributed by atoms with Gasteiger partial charge in [0.15, 0.2) is 5.76 Å². The van der Waals surface area contributed by atoms with E-state index in [2.05, 4.69) is 36.3 Å². The number of aryl methyl sites for hydroxylation is 1. The number of hydrogen-bond acceptors (Lipinski definition) is 9. The molecule has 11 nitrogen and oxygen atoms in total. The van der Waals surface area contributed by atoms with Crippen molar-refractivity contribution in [1.82, 2.24) is 14.8 Å². The fraction of sp³-hybridized carbons (Fsp3) is 0.324. The van der Waals surface area contributed by atoms with Crippen LogP contribution in [-0.4, -0.2) is 101 Å². The van der Waals surface area contributed by atoms with Crippen LogP contribution < -0.4 is 5.32 Å². The van der Waals surface area contributed by atoms with Crippen molar-refractivity contribution in [3.8, 4) is 11.8 Å². The lowest BCUT2D eigenvalue weighted by Crippen LogP contribution is -2.47. The van der Waals surface area contributed by atoms with E-state index in [1.807, 2.05) is 12.1 Å². The van der Waals surface area contributed by atoms with Gasteiger partial charge in [-0.15, -0.1) is 0 Å². The molecule has 2 amide bonds. The maximum atomic E-state index is 14.3. The van der Waals surface area contributed by atoms with Gasteiger partial charge in [-0.25, -0.2) is 4.21 Å². The van der Waals surface area contributed by atoms with Gasteiger partial charge in [0.25, 0.3) is 11.8 Å². The van der Waals surface area contributed by atoms with E-state index in [1.165, 1.54) is 12.5 Å². The molecule has 0 bridgehead atoms. The molecule has 2 aromatic heterocycles. The number of amides is 2. The first-order valence-corrected chi connectivity index (χ1v) is 17.9. The number of hydrogen-bond donors (Lipinski definition) is 2. The molecule has 1 saturated heterocycles. The zero-order valence-corrected chi connectivity index (χ0v) is 28.4. The number of ether oxygens (including phenoxy) is 1. The number of nitrogens with one attached hydrogen (secondary N) is 1. The highest BCUT2D eigenvalue weighted by Crippen LogP contribution is 2.18. The van der Waals surface area contributed by atoms with Crippen LogP contribution >= 0.6 is 0 Å². The van der Waals surface area contributed by atoms with Crippen LogP contribution in [0.25, 0.3) is 0 Å². The molecule has 0 spiro atoms. The maximum Gasteiger partial charge on any atom is 0.291 e. The number of aliphatic hydroxyl groups excluding tert-OH is 1. The number of carbonyl (C=O) groups excluding carboxylic acids is 2. The first-order chi connectivity index (χ1) is 23.8. The standard InChI is InChI=1S/C37H41N5O6S/c1-29-13-21-48-35(29)37(45)39-33-8-5-7-30(26-33)11-12-31-25-32(28-38-27-31)36(44)40-49(46,34-9-3-2-4-10-34)24-6-14-41-15-17-42(18-16-41)19-22-47-23-20-43/h2-5,7-10,13,21,25-28,43H,6,14-20,22-24H2,1H3,(H,39,45). The van der Waals surface area contributed by atoms with Crippen LogP contribution in [-0.2, 0) is 14.5 Å². The summed E-state index contributed by atoms with van der Waals surface area (Å²) in [6.07, 6.45) is 5.04. The minimum absolute atomic E-state index is 0.0315. The van der Waals surface area contributed by atoms with Gasteiger partial charge in [-0.1, -0.05) is 36.1 Å². The number of piperazine rings is 1. The summed E-state index contributed by atoms with van der Waals surface area (Å²) in [5.41, 5.74) is 2.64. The molecule has 0 aliphatic carbocycles. The Balaban J connectivity index is 1.23. The minimum atomic E-state index is -3.05. The Bertz CT molecular complexity index is 1900. The van der Waals surface area contributed by atoms with Crippen molar-refractivity contribution in [2.45, 2.75) is 18.2 Å². The Kier molecular flexibility index (Phi) is 12.9. The van der Waals surface area contributed by atoms with Crippen LogP contribution in [0.4, 0.5) is 5.69 Å². The second-order valence-electron chi connectivity index (χ2n) is 11.6. The highest BCUT2D eigenvalue weighted by Gasteiger charge is 2.20. The van der Waals surface area contributed by atoms with Crippen molar-refractivity contribution in [3.63, 3.8) is 0 Å². The van der Waals surface area contributed by atoms with Gasteiger partial charge in [0, 0.05) is 78.1 Å². The van der Waals surface area contributed by atoms with Crippen LogP contribution in [0.3, 0.4) is 0 Å². The molecule has 49 heavy (non-hydrogen) atoms. The lowest BCUT2D eigenvalue weighted by atomic mass is 10.1. The van der Waals surface area contributed by atoms with Crippen molar-refractivity contribution < 1.29 is 28.1 Å². The number of aromatic nitrogens is 1. The summed E-state index contributed by atoms with van der Waals surface area (Å²) in [4.78, 5) is 35.4. The Morgan fingerprint density at radius 2 is 1.71 bits per heavy atom. The Hall–Kier alpha value is -4.64. The molecular formula is C37H41N5O6S. The van der Waals surface area contributed by atoms with Crippen LogP contribution in [0, 0.1) is 18.8 Å². The van der Waals surface area contributed by atoms with Gasteiger partial charge in [-0.2, -0.15) is 4.36 Å². The normalized spacial score (nSPS) is 14.7. The molecule has 1 fully saturated rings. The fourth-order valence-corrected chi connectivity index (χ4v) is 7.26. The quantitative estimate of drug-likeness (QED) is 0.156. The van der Waals surface area contributed by atoms with Crippen molar-refractivity contribution in [3.05, 3.63) is 113 Å². The van der Waals surface area contributed by atoms with E-state index in [0.717, 1.165) is 44.8 Å². The predicted molar refractivity (Wildman–Crippen MR) is 188 cm³/mol. The summed E-state index contributed by atoms with van der Waals surface area (Å²) < 4.78 is 29.3. The maximum absolute atomic E-state index is 14.3. The summed E-state index contributed by atoms with van der Waals surface area (Å²) >= 11 is 0. The van der Waals surface area contributed by atoms with Crippen molar-refractivity contribution in [1.29, 1.82) is 0 Å². The molecule has 2 N–H and O–H groups in total. The molecule has 5 rings (SSSR count). The van der Waals surface area contributed by atoms with Crippen molar-refractivity contribution in [2.75, 3.05) is 70.2 Å². The number of nitrogens with zero attached hydrogens (tertiary/aromatic N) is 4. The van der Waals surface area contributed by atoms with E-state index < -0.39 is 15.6 Å². The smallest absolute Gasteiger partial charge is 0.291 e. The van der Waals surface area contributed by atoms with Gasteiger partial charge in [0.1, 0.15) is 0 Å². The van der Waals surface area contributed by atoms with Crippen LogP contribution in [0.15, 0.2) is 99.1 Å². The number of benzene rings is 2. The first-order valence-electron chi connectivity index (χ1n) is 16.2. The van der Waals surface area contributed by atoms with Gasteiger partial charge in [0.05, 0.1) is 41.4 Å². The number of anilines is 1. The summed E-state index contributed by atoms with van der Waals surface area (Å²) in [7, 11) is -3.05. The van der Waals surface area contributed by atoms with Crippen molar-refractivity contribution in [2.24, 2.45) is 4.36 Å². The second kappa shape index (κ2) is 17.7. The van der Waals surface area contributed by atoms with E-state index in [0.29, 0.717) is 41.3 Å². The number of aliphatic hydroxyl groups is 1. The SMILES string of the molecule is Cc1ccoc1C(=O)Nc1cccc(C#Cc2cncc(C(=O)N=S(=O)(CCCN3CCN(CCOCCO)CC3)c3ccccc3)c2)c1. The summed E-state index contributed by atoms with van der Waals surface area (Å²) in [6.45, 7) is 7.99. The van der Waals surface area contributed by atoms with Gasteiger partial charge >= 0.3 is 0 Å². The molecule has 1 aliphatic rings. The molecule has 1 aliphatic heterocycles. The fourth-order valence-electron chi connectivity index (χ4n) is 5.35. The number of rotatable bonds is 13. The predicted octanol–water partition coefficient (Wildman–Crippen LogP) is 4.32. The monoisotopic (exact) mass is 683 g/mol. The number of pyridine rings is 1. The van der Waals surface area contributed by atoms with Gasteiger partial charge in [0.2, 0.25) is 0 Å². The van der Waals surface area contributed by atoms with Gasteiger partial charge < -0.3 is 24.5 Å². The van der Waals surface area contributed by atoms with E-state index in [4.69, 9.17) is 14.3 Å². The number of carbonyl (C=O) groups is 2. The summed E-state index contributed by atoms with van der Waals surface area (Å²) in [5.74, 6) is 5.61. The molecule has 256 valence electrons. The highest BCUT2D eigenvalue weighted by atomic mass is 32.2. The largest absolute Gasteiger partial charge is 0.459 e. The van der Waals surface area contributed by atoms with E-state index in [1.54, 1.807) is 67.7 Å². The van der Waals surface area contributed by atoms with E-state index >= 15 is 0 Å². The molecule has 0 saturated carbocycles. The topological polar surface area (TPSA) is 138 Å². The number of furan rings is 1. The molecule has 1 atom stereocenters. The van der Waals surface area contributed by atoms with Crippen LogP contribution in [0.1, 0.15) is 44.0 Å². The second-order valence-corrected chi connectivity index (χ2v) is 13.9. The average Bonchev–Trinajstić information content (AvgIpc) is 3.56. The molecule has 3 heterocycles. The summed E-state index contributed by atoms with van der Waals surface area (Å²) in [6, 6.07) is 19.4. The molecule has 0 radical (unpaired) electrons. The zero-order chi connectivity index (χ0) is 34.5. The Morgan fingerprint density at radius 1 is 0.959 bits per heavy atom. The third-order valence-corrected chi connectivity index (χ3v) is 10.3. The van der Waals surface area contributed by atoms with Crippen molar-refractivity contribution >= 4 is 27.2 Å². The molecule has 2 aromatic carbocycles. The van der Waals surface area contributed by atoms with E-state index in [9.17, 15) is 13.8 Å². The molecule has 4 aromatic rings. The summed E-state index contributed by atoms with van der Waals surface area (Å²) in [5, 5.41) is 11.7. The molecular weight excluding hydrogens is 643 g/mol. The van der Waals surface area contributed by atoms with Gasteiger partial charge in [-0.05, 0) is 62.4 Å². The van der Waals surface area contributed by atoms with Gasteiger partial charge in [-0.3, -0.25) is 19.5 Å². The lowest BCUT2D eigenvalue weighted by Gasteiger charge is -2.34. The molecule has 1 unspecified atom stereocenters. The first kappa shape index (κ1) is 35.7. The van der Waals surface area contributed by atoms with Crippen LogP contribution in [0.5, 0.6) is 0 Å². The third kappa shape index (κ3) is 10.4. The average molecular weight is 684 g/mol. The van der Waals surface area contributed by atoms with Crippen LogP contribution in [0.2, 0.25) is 0 Å². The Labute approximate surface area is 287 Å². The molecule has 12 heteroatoms. The Morgan fingerprint density at radius 3 is 2.45 bits per heavy atom. The zero-order valence-electron chi connectivity index (χ0n) is 27.5. The van der Waals surface area contributed by atoms with E-state index in [-0.39, 0.29) is 29.6 Å². The third-order valence-electron chi connectivity index (χ3n) is 8.01.